The molecule has 11 heavy (non-hydrogen) atoms. The average Bonchev–Trinajstić information content (AvgIpc) is 2.31. The van der Waals surface area contributed by atoms with Crippen molar-refractivity contribution in [1.29, 1.82) is 0 Å². The van der Waals surface area contributed by atoms with Crippen molar-refractivity contribution in [3.8, 4) is 0 Å². The van der Waals surface area contributed by atoms with Gasteiger partial charge < -0.3 is 5.11 Å². The lowest BCUT2D eigenvalue weighted by Gasteiger charge is -1.94. The molecule has 0 spiro atoms. The third-order valence-electron chi connectivity index (χ3n) is 1.16. The highest BCUT2D eigenvalue weighted by atomic mass is 19.1. The maximum Gasteiger partial charge on any atom is 0.305 e. The molecule has 1 aromatic heterocycles. The van der Waals surface area contributed by atoms with Crippen LogP contribution in [0.2, 0.25) is 0 Å². The van der Waals surface area contributed by atoms with E-state index in [1.807, 2.05) is 0 Å². The van der Waals surface area contributed by atoms with Crippen LogP contribution in [0.25, 0.3) is 0 Å². The van der Waals surface area contributed by atoms with Crippen molar-refractivity contribution in [3.63, 3.8) is 0 Å². The fraction of sp³-hybridized carbons (Fsp3) is 0.333. The molecule has 0 saturated carbocycles. The molecule has 1 N–H and O–H groups in total. The molecule has 0 aliphatic heterocycles. The highest BCUT2D eigenvalue weighted by Gasteiger charge is 1.99. The second-order valence-corrected chi connectivity index (χ2v) is 2.05. The number of aryl methyl sites for hydroxylation is 1. The van der Waals surface area contributed by atoms with E-state index in [2.05, 4.69) is 5.10 Å². The summed E-state index contributed by atoms with van der Waals surface area (Å²) in [4.78, 5) is 10.0. The normalized spacial score (nSPS) is 9.91. The number of hydrogen-bond acceptors (Lipinski definition) is 2. The van der Waals surface area contributed by atoms with Crippen LogP contribution in [0.1, 0.15) is 6.42 Å². The van der Waals surface area contributed by atoms with Gasteiger partial charge >= 0.3 is 5.97 Å². The first kappa shape index (κ1) is 7.71. The fourth-order valence-electron chi connectivity index (χ4n) is 0.672. The minimum absolute atomic E-state index is 0.0406. The van der Waals surface area contributed by atoms with Gasteiger partial charge in [0.15, 0.2) is 0 Å². The van der Waals surface area contributed by atoms with Crippen LogP contribution < -0.4 is 0 Å². The predicted molar refractivity (Wildman–Crippen MR) is 34.4 cm³/mol. The molecule has 0 aliphatic carbocycles. The van der Waals surface area contributed by atoms with Crippen molar-refractivity contribution in [1.82, 2.24) is 9.78 Å². The highest BCUT2D eigenvalue weighted by Crippen LogP contribution is 1.93. The zero-order chi connectivity index (χ0) is 8.27. The van der Waals surface area contributed by atoms with Crippen LogP contribution >= 0.6 is 0 Å². The summed E-state index contributed by atoms with van der Waals surface area (Å²) in [5.74, 6) is -1.50. The van der Waals surface area contributed by atoms with E-state index in [1.165, 1.54) is 16.9 Å². The quantitative estimate of drug-likeness (QED) is 0.696. The zero-order valence-corrected chi connectivity index (χ0v) is 5.70. The Hall–Kier alpha value is -1.39. The Morgan fingerprint density at radius 1 is 1.82 bits per heavy atom. The van der Waals surface area contributed by atoms with Crippen molar-refractivity contribution >= 4 is 5.97 Å². The molecule has 0 aliphatic rings. The van der Waals surface area contributed by atoms with Crippen molar-refractivity contribution in [2.45, 2.75) is 13.0 Å². The molecule has 1 aromatic rings. The smallest absolute Gasteiger partial charge is 0.305 e. The van der Waals surface area contributed by atoms with Gasteiger partial charge in [-0.3, -0.25) is 9.48 Å². The average molecular weight is 158 g/mol. The maximum atomic E-state index is 12.2. The molecule has 0 radical (unpaired) electrons. The number of halogens is 1. The van der Waals surface area contributed by atoms with Crippen molar-refractivity contribution in [2.75, 3.05) is 0 Å². The lowest BCUT2D eigenvalue weighted by molar-refractivity contribution is -0.137. The second-order valence-electron chi connectivity index (χ2n) is 2.05. The van der Waals surface area contributed by atoms with Gasteiger partial charge in [-0.1, -0.05) is 0 Å². The predicted octanol–water partition coefficient (Wildman–Crippen LogP) is 0.497. The Balaban J connectivity index is 2.45. The first-order valence-electron chi connectivity index (χ1n) is 3.09. The zero-order valence-electron chi connectivity index (χ0n) is 5.70. The Morgan fingerprint density at radius 2 is 2.55 bits per heavy atom. The number of aromatic nitrogens is 2. The molecule has 0 fully saturated rings. The maximum absolute atomic E-state index is 12.2. The molecular formula is C6H7FN2O2. The minimum Gasteiger partial charge on any atom is -0.481 e. The van der Waals surface area contributed by atoms with E-state index < -0.39 is 11.9 Å². The van der Waals surface area contributed by atoms with Gasteiger partial charge in [0.1, 0.15) is 0 Å². The van der Waals surface area contributed by atoms with Gasteiger partial charge in [-0.05, 0) is 0 Å². The first-order chi connectivity index (χ1) is 5.18. The van der Waals surface area contributed by atoms with Crippen molar-refractivity contribution < 1.29 is 14.3 Å². The molecule has 0 atom stereocenters. The van der Waals surface area contributed by atoms with Crippen LogP contribution in [0.15, 0.2) is 12.3 Å². The number of carboxylic acids is 1. The number of rotatable bonds is 3. The molecular weight excluding hydrogens is 151 g/mol. The van der Waals surface area contributed by atoms with Gasteiger partial charge in [-0.25, -0.2) is 0 Å². The van der Waals surface area contributed by atoms with Gasteiger partial charge in [0, 0.05) is 12.3 Å². The van der Waals surface area contributed by atoms with Crippen LogP contribution in [0.4, 0.5) is 4.39 Å². The second kappa shape index (κ2) is 3.14. The molecule has 0 amide bonds. The van der Waals surface area contributed by atoms with Crippen LogP contribution in [0.3, 0.4) is 0 Å². The van der Waals surface area contributed by atoms with E-state index in [0.717, 1.165) is 0 Å². The number of carbonyl (C=O) groups is 1. The Kier molecular flexibility index (Phi) is 2.20. The summed E-state index contributed by atoms with van der Waals surface area (Å²) in [6, 6.07) is 1.18. The molecule has 1 rings (SSSR count). The number of aliphatic carboxylic acids is 1. The lowest BCUT2D eigenvalue weighted by Crippen LogP contribution is -2.04. The summed E-state index contributed by atoms with van der Waals surface area (Å²) in [6.45, 7) is 0.208. The number of carboxylic acid groups (broad SMARTS) is 1. The highest BCUT2D eigenvalue weighted by molar-refractivity contribution is 5.66. The SMILES string of the molecule is O=C(O)CCn1ccc(F)n1. The van der Waals surface area contributed by atoms with Crippen LogP contribution in [-0.4, -0.2) is 20.9 Å². The molecule has 0 unspecified atom stereocenters. The third kappa shape index (κ3) is 2.37. The topological polar surface area (TPSA) is 55.1 Å². The van der Waals surface area contributed by atoms with E-state index in [-0.39, 0.29) is 13.0 Å². The molecule has 0 saturated heterocycles. The third-order valence-corrected chi connectivity index (χ3v) is 1.16. The minimum atomic E-state index is -0.916. The lowest BCUT2D eigenvalue weighted by atomic mass is 10.4. The molecule has 4 nitrogen and oxygen atoms in total. The summed E-state index contributed by atoms with van der Waals surface area (Å²) in [7, 11) is 0. The van der Waals surface area contributed by atoms with E-state index in [1.54, 1.807) is 0 Å². The Morgan fingerprint density at radius 3 is 3.00 bits per heavy atom. The van der Waals surface area contributed by atoms with Gasteiger partial charge in [0.05, 0.1) is 13.0 Å². The Labute approximate surface area is 62.3 Å². The van der Waals surface area contributed by atoms with Crippen molar-refractivity contribution in [3.05, 3.63) is 18.2 Å². The summed E-state index contributed by atoms with van der Waals surface area (Å²) < 4.78 is 13.4. The summed E-state index contributed by atoms with van der Waals surface area (Å²) >= 11 is 0. The van der Waals surface area contributed by atoms with Gasteiger partial charge in [-0.15, -0.1) is 5.10 Å². The van der Waals surface area contributed by atoms with Crippen LogP contribution in [-0.2, 0) is 11.3 Å². The molecule has 5 heteroatoms. The molecule has 0 aromatic carbocycles. The fourth-order valence-corrected chi connectivity index (χ4v) is 0.672. The Bertz CT molecular complexity index is 259. The van der Waals surface area contributed by atoms with E-state index in [9.17, 15) is 9.18 Å². The first-order valence-corrected chi connectivity index (χ1v) is 3.09. The molecule has 0 bridgehead atoms. The van der Waals surface area contributed by atoms with E-state index >= 15 is 0 Å². The van der Waals surface area contributed by atoms with Crippen molar-refractivity contribution in [2.24, 2.45) is 0 Å². The largest absolute Gasteiger partial charge is 0.481 e. The number of hydrogen-bond donors (Lipinski definition) is 1. The number of nitrogens with zero attached hydrogens (tertiary/aromatic N) is 2. The summed E-state index contributed by atoms with van der Waals surface area (Å²) in [5, 5.41) is 11.6. The van der Waals surface area contributed by atoms with Crippen LogP contribution in [0.5, 0.6) is 0 Å². The van der Waals surface area contributed by atoms with Gasteiger partial charge in [-0.2, -0.15) is 4.39 Å². The summed E-state index contributed by atoms with van der Waals surface area (Å²) in [6.07, 6.45) is 1.36. The van der Waals surface area contributed by atoms with Gasteiger partial charge in [0.2, 0.25) is 5.95 Å². The van der Waals surface area contributed by atoms with E-state index in [4.69, 9.17) is 5.11 Å². The van der Waals surface area contributed by atoms with Crippen LogP contribution in [0, 0.1) is 5.95 Å². The van der Waals surface area contributed by atoms with E-state index in [0.29, 0.717) is 0 Å². The monoisotopic (exact) mass is 158 g/mol. The molecule has 60 valence electrons. The molecule has 1 heterocycles. The van der Waals surface area contributed by atoms with Gasteiger partial charge in [0.25, 0.3) is 0 Å². The summed E-state index contributed by atoms with van der Waals surface area (Å²) in [5.41, 5.74) is 0. The standard InChI is InChI=1S/C6H7FN2O2/c7-5-1-3-9(8-5)4-2-6(10)11/h1,3H,2,4H2,(H,10,11).